The van der Waals surface area contributed by atoms with Gasteiger partial charge >= 0.3 is 6.09 Å². The van der Waals surface area contributed by atoms with Crippen LogP contribution in [0.3, 0.4) is 0 Å². The van der Waals surface area contributed by atoms with Gasteiger partial charge in [0.1, 0.15) is 0 Å². The molecule has 0 bridgehead atoms. The Bertz CT molecular complexity index is 479. The van der Waals surface area contributed by atoms with Crippen molar-refractivity contribution in [1.29, 1.82) is 0 Å². The highest BCUT2D eigenvalue weighted by Gasteiger charge is 2.24. The van der Waals surface area contributed by atoms with Gasteiger partial charge in [-0.25, -0.2) is 4.79 Å². The second kappa shape index (κ2) is 7.26. The molecule has 1 aromatic carbocycles. The highest BCUT2D eigenvalue weighted by Crippen LogP contribution is 2.37. The summed E-state index contributed by atoms with van der Waals surface area (Å²) in [6.45, 7) is 6.30. The molecule has 0 unspecified atom stereocenters. The zero-order chi connectivity index (χ0) is 14.8. The van der Waals surface area contributed by atoms with Gasteiger partial charge in [0, 0.05) is 13.1 Å². The van der Waals surface area contributed by atoms with Crippen LogP contribution in [0.5, 0.6) is 5.75 Å². The second-order valence-corrected chi connectivity index (χ2v) is 5.99. The maximum absolute atomic E-state index is 11.5. The summed E-state index contributed by atoms with van der Waals surface area (Å²) in [5.41, 5.74) is 3.25. The molecule has 20 heavy (non-hydrogen) atoms. The van der Waals surface area contributed by atoms with Crippen LogP contribution >= 0.6 is 0 Å². The highest BCUT2D eigenvalue weighted by atomic mass is 127. The van der Waals surface area contributed by atoms with Crippen molar-refractivity contribution >= 4 is 11.8 Å². The van der Waals surface area contributed by atoms with Gasteiger partial charge in [0.05, 0.1) is 21.1 Å². The first-order chi connectivity index (χ1) is 8.66. The fraction of sp³-hybridized carbons (Fsp3) is 0.533. The van der Waals surface area contributed by atoms with Crippen molar-refractivity contribution in [1.82, 2.24) is 9.80 Å². The number of carbonyl (C=O) groups is 1. The monoisotopic (exact) mass is 392 g/mol. The first kappa shape index (κ1) is 19.2. The summed E-state index contributed by atoms with van der Waals surface area (Å²) in [6.07, 6.45) is -0.435. The number of amides is 1. The molecule has 5 heteroatoms. The Morgan fingerprint density at radius 1 is 1.25 bits per heavy atom. The summed E-state index contributed by atoms with van der Waals surface area (Å²) in [5.74, 6) is 1.09. The van der Waals surface area contributed by atoms with Crippen molar-refractivity contribution in [2.24, 2.45) is 0 Å². The number of rotatable bonds is 3. The van der Waals surface area contributed by atoms with E-state index in [1.165, 1.54) is 5.56 Å². The van der Waals surface area contributed by atoms with Crippen LogP contribution in [0.2, 0.25) is 0 Å². The minimum Gasteiger partial charge on any atom is -1.00 e. The van der Waals surface area contributed by atoms with Crippen LogP contribution in [0.4, 0.5) is 10.5 Å². The third-order valence-electron chi connectivity index (χ3n) is 3.07. The van der Waals surface area contributed by atoms with Crippen molar-refractivity contribution < 1.29 is 33.5 Å². The average molecular weight is 392 g/mol. The summed E-state index contributed by atoms with van der Waals surface area (Å²) in [6, 6.07) is 4.21. The quantitative estimate of drug-likeness (QED) is 0.583. The van der Waals surface area contributed by atoms with Gasteiger partial charge in [-0.05, 0) is 24.0 Å². The predicted molar refractivity (Wildman–Crippen MR) is 79.9 cm³/mol. The van der Waals surface area contributed by atoms with Crippen molar-refractivity contribution in [2.45, 2.75) is 26.7 Å². The Hall–Kier alpha value is -0.820. The molecular formula is C15H25IN2O2. The Morgan fingerprint density at radius 3 is 2.20 bits per heavy atom. The van der Waals surface area contributed by atoms with E-state index < -0.39 is 6.09 Å². The molecular weight excluding hydrogens is 367 g/mol. The van der Waals surface area contributed by atoms with E-state index >= 15 is 0 Å². The summed E-state index contributed by atoms with van der Waals surface area (Å²) < 4.78 is 6.03. The Balaban J connectivity index is 0.00000361. The Labute approximate surface area is 139 Å². The molecule has 0 heterocycles. The van der Waals surface area contributed by atoms with Crippen LogP contribution < -0.4 is 38.5 Å². The molecule has 114 valence electrons. The maximum Gasteiger partial charge on any atom is 0.412 e. The van der Waals surface area contributed by atoms with Gasteiger partial charge in [0.2, 0.25) is 0 Å². The van der Waals surface area contributed by atoms with E-state index in [9.17, 15) is 4.79 Å². The summed E-state index contributed by atoms with van der Waals surface area (Å²) in [5, 5.41) is 2.49. The Morgan fingerprint density at radius 2 is 1.80 bits per heavy atom. The van der Waals surface area contributed by atoms with Crippen LogP contribution in [0.15, 0.2) is 12.1 Å². The summed E-state index contributed by atoms with van der Waals surface area (Å²) >= 11 is 0. The fourth-order valence-corrected chi connectivity index (χ4v) is 1.89. The predicted octanol–water partition coefficient (Wildman–Crippen LogP) is 0.0373. The zero-order valence-electron chi connectivity index (χ0n) is 13.4. The number of nitrogens with zero attached hydrogens (tertiary/aromatic N) is 1. The molecule has 0 aromatic heterocycles. The highest BCUT2D eigenvalue weighted by molar-refractivity contribution is 5.74. The number of aryl methyl sites for hydroxylation is 1. The Kier molecular flexibility index (Phi) is 6.97. The topological polar surface area (TPSA) is 38.3 Å². The third kappa shape index (κ3) is 4.63. The lowest BCUT2D eigenvalue weighted by atomic mass is 9.99. The van der Waals surface area contributed by atoms with Crippen LogP contribution in [0.1, 0.15) is 30.9 Å². The number of halogens is 1. The molecule has 1 aromatic rings. The third-order valence-corrected chi connectivity index (χ3v) is 3.07. The average Bonchev–Trinajstić information content (AvgIpc) is 2.29. The standard InChI is InChI=1S/C15H24N2O2.HI/c1-10(2)12-8-11(3)14(19-15(18)16-4)13(9-12)17(5,6)7;/h8-10H,1-7H3;1H. The molecule has 0 aliphatic carbocycles. The molecule has 4 nitrogen and oxygen atoms in total. The largest absolute Gasteiger partial charge is 1.00 e. The van der Waals surface area contributed by atoms with Gasteiger partial charge in [-0.3, -0.25) is 4.48 Å². The maximum atomic E-state index is 11.5. The smallest absolute Gasteiger partial charge is 0.412 e. The minimum absolute atomic E-state index is 0. The second-order valence-electron chi connectivity index (χ2n) is 5.99. The first-order valence-electron chi connectivity index (χ1n) is 6.53. The van der Waals surface area contributed by atoms with E-state index in [1.54, 1.807) is 7.05 Å². The molecule has 0 atom stereocenters. The van der Waals surface area contributed by atoms with E-state index in [1.807, 2.05) is 6.92 Å². The number of hydrogen-bond acceptors (Lipinski definition) is 2. The van der Waals surface area contributed by atoms with Gasteiger partial charge in [0.25, 0.3) is 0 Å². The first-order valence-corrected chi connectivity index (χ1v) is 6.53. The van der Waals surface area contributed by atoms with Crippen molar-refractivity contribution in [3.8, 4) is 5.75 Å². The van der Waals surface area contributed by atoms with Crippen molar-refractivity contribution in [2.75, 3.05) is 28.2 Å². The number of benzene rings is 1. The van der Waals surface area contributed by atoms with E-state index in [2.05, 4.69) is 52.4 Å². The minimum atomic E-state index is -0.435. The molecule has 0 radical (unpaired) electrons. The lowest BCUT2D eigenvalue weighted by Gasteiger charge is -2.27. The molecule has 0 fully saturated rings. The van der Waals surface area contributed by atoms with Crippen LogP contribution in [0.25, 0.3) is 0 Å². The molecule has 0 aliphatic heterocycles. The molecule has 0 aliphatic rings. The SMILES string of the molecule is CNC(=O)Oc1c(C)cc(C(C)C)cc1[N+](C)(C)C.[I-]. The van der Waals surface area contributed by atoms with Gasteiger partial charge < -0.3 is 34.0 Å². The zero-order valence-corrected chi connectivity index (χ0v) is 15.5. The summed E-state index contributed by atoms with van der Waals surface area (Å²) in [7, 11) is 7.76. The van der Waals surface area contributed by atoms with Gasteiger partial charge in [-0.15, -0.1) is 0 Å². The fourth-order valence-electron chi connectivity index (χ4n) is 1.89. The molecule has 0 saturated carbocycles. The lowest BCUT2D eigenvalue weighted by molar-refractivity contribution is -0.00000936. The van der Waals surface area contributed by atoms with E-state index in [-0.39, 0.29) is 24.0 Å². The van der Waals surface area contributed by atoms with Crippen molar-refractivity contribution in [3.63, 3.8) is 0 Å². The van der Waals surface area contributed by atoms with E-state index in [4.69, 9.17) is 4.74 Å². The lowest BCUT2D eigenvalue weighted by Crippen LogP contribution is -3.00. The van der Waals surface area contributed by atoms with Crippen molar-refractivity contribution in [3.05, 3.63) is 23.3 Å². The van der Waals surface area contributed by atoms with Gasteiger partial charge in [0.15, 0.2) is 11.4 Å². The van der Waals surface area contributed by atoms with Gasteiger partial charge in [-0.2, -0.15) is 0 Å². The van der Waals surface area contributed by atoms with E-state index in [0.29, 0.717) is 16.2 Å². The molecule has 0 saturated heterocycles. The number of quaternary nitrogens is 1. The normalized spacial score (nSPS) is 11.0. The molecule has 1 N–H and O–H groups in total. The van der Waals surface area contributed by atoms with Crippen LogP contribution in [-0.4, -0.2) is 34.3 Å². The number of carbonyl (C=O) groups excluding carboxylic acids is 1. The molecule has 1 amide bonds. The van der Waals surface area contributed by atoms with E-state index in [0.717, 1.165) is 11.3 Å². The molecule has 0 spiro atoms. The molecule has 1 rings (SSSR count). The number of nitrogens with one attached hydrogen (secondary N) is 1. The number of ether oxygens (including phenoxy) is 1. The summed E-state index contributed by atoms with van der Waals surface area (Å²) in [4.78, 5) is 11.5. The van der Waals surface area contributed by atoms with Gasteiger partial charge in [-0.1, -0.05) is 19.9 Å². The van der Waals surface area contributed by atoms with Crippen LogP contribution in [0, 0.1) is 6.92 Å². The van der Waals surface area contributed by atoms with Crippen LogP contribution in [-0.2, 0) is 0 Å². The number of hydrogen-bond donors (Lipinski definition) is 1.